The molecule has 29 heavy (non-hydrogen) atoms. The summed E-state index contributed by atoms with van der Waals surface area (Å²) >= 11 is 12.4. The quantitative estimate of drug-likeness (QED) is 0.589. The second-order valence-corrected chi connectivity index (χ2v) is 8.02. The van der Waals surface area contributed by atoms with Gasteiger partial charge < -0.3 is 0 Å². The molecule has 0 aliphatic heterocycles. The maximum Gasteiger partial charge on any atom is 0.190 e. The first-order valence-corrected chi connectivity index (χ1v) is 9.97. The number of fused-ring (bicyclic) bond motifs is 1. The van der Waals surface area contributed by atoms with E-state index in [1.807, 2.05) is 26.0 Å². The fourth-order valence-electron chi connectivity index (χ4n) is 3.54. The lowest BCUT2D eigenvalue weighted by Crippen LogP contribution is -2.15. The highest BCUT2D eigenvalue weighted by atomic mass is 35.5. The van der Waals surface area contributed by atoms with Crippen LogP contribution in [-0.4, -0.2) is 25.5 Å². The normalized spacial score (nSPS) is 17.8. The maximum atomic E-state index is 11.8. The lowest BCUT2D eigenvalue weighted by Gasteiger charge is -2.18. The molecule has 146 valence electrons. The smallest absolute Gasteiger partial charge is 0.190 e. The number of hydrogen-bond donors (Lipinski definition) is 0. The summed E-state index contributed by atoms with van der Waals surface area (Å²) in [4.78, 5) is 21.0. The molecule has 0 amide bonds. The summed E-state index contributed by atoms with van der Waals surface area (Å²) in [7, 11) is 0. The second kappa shape index (κ2) is 7.58. The van der Waals surface area contributed by atoms with Gasteiger partial charge in [-0.1, -0.05) is 42.3 Å². The number of aromatic nitrogens is 4. The van der Waals surface area contributed by atoms with Gasteiger partial charge in [-0.05, 0) is 36.6 Å². The third-order valence-corrected chi connectivity index (χ3v) is 5.81. The van der Waals surface area contributed by atoms with E-state index >= 15 is 0 Å². The Kier molecular flexibility index (Phi) is 5.12. The molecule has 8 heteroatoms. The Balaban J connectivity index is 1.84. The molecular formula is C21H17Cl2N5O. The van der Waals surface area contributed by atoms with Crippen molar-refractivity contribution >= 4 is 45.7 Å². The van der Waals surface area contributed by atoms with Gasteiger partial charge in [-0.3, -0.25) is 4.79 Å². The van der Waals surface area contributed by atoms with Crippen molar-refractivity contribution in [2.75, 3.05) is 0 Å². The van der Waals surface area contributed by atoms with Crippen LogP contribution in [0.5, 0.6) is 0 Å². The van der Waals surface area contributed by atoms with Gasteiger partial charge in [0.2, 0.25) is 0 Å². The molecule has 0 N–H and O–H groups in total. The number of nitrogens with zero attached hydrogens (tertiary/aromatic N) is 5. The summed E-state index contributed by atoms with van der Waals surface area (Å²) in [6.45, 7) is 3.85. The van der Waals surface area contributed by atoms with E-state index in [4.69, 9.17) is 28.2 Å². The van der Waals surface area contributed by atoms with Crippen molar-refractivity contribution in [2.45, 2.75) is 32.7 Å². The molecule has 3 aromatic rings. The van der Waals surface area contributed by atoms with Crippen LogP contribution in [0.25, 0.3) is 16.7 Å². The Hall–Kier alpha value is -2.75. The Bertz CT molecular complexity index is 1210. The summed E-state index contributed by atoms with van der Waals surface area (Å²) in [6.07, 6.45) is 4.57. The van der Waals surface area contributed by atoms with Gasteiger partial charge in [0.15, 0.2) is 11.3 Å². The molecule has 0 radical (unpaired) electrons. The molecule has 2 aromatic heterocycles. The minimum absolute atomic E-state index is 0.0427. The highest BCUT2D eigenvalue weighted by molar-refractivity contribution is 6.35. The number of allylic oxidation sites excluding steroid dienone is 2. The van der Waals surface area contributed by atoms with Crippen molar-refractivity contribution in [1.82, 2.24) is 19.7 Å². The van der Waals surface area contributed by atoms with Gasteiger partial charge in [0.25, 0.3) is 0 Å². The molecule has 2 unspecified atom stereocenters. The van der Waals surface area contributed by atoms with Crippen LogP contribution < -0.4 is 0 Å². The lowest BCUT2D eigenvalue weighted by molar-refractivity contribution is -0.121. The van der Waals surface area contributed by atoms with Gasteiger partial charge in [0.05, 0.1) is 17.9 Å². The van der Waals surface area contributed by atoms with Crippen molar-refractivity contribution in [2.24, 2.45) is 5.92 Å². The summed E-state index contributed by atoms with van der Waals surface area (Å²) < 4.78 is 1.66. The second-order valence-electron chi connectivity index (χ2n) is 7.18. The van der Waals surface area contributed by atoms with E-state index in [2.05, 4.69) is 16.2 Å². The Morgan fingerprint density at radius 2 is 2.14 bits per heavy atom. The third-order valence-electron chi connectivity index (χ3n) is 5.24. The van der Waals surface area contributed by atoms with E-state index in [1.165, 1.54) is 0 Å². The Morgan fingerprint density at radius 1 is 1.34 bits per heavy atom. The van der Waals surface area contributed by atoms with E-state index in [0.717, 1.165) is 11.1 Å². The van der Waals surface area contributed by atoms with Crippen LogP contribution in [0.3, 0.4) is 0 Å². The summed E-state index contributed by atoms with van der Waals surface area (Å²) in [6, 6.07) is 7.08. The first kappa shape index (κ1) is 19.6. The molecule has 2 atom stereocenters. The van der Waals surface area contributed by atoms with E-state index in [0.29, 0.717) is 39.7 Å². The zero-order chi connectivity index (χ0) is 20.7. The topological polar surface area (TPSA) is 84.5 Å². The van der Waals surface area contributed by atoms with Crippen LogP contribution in [0.1, 0.15) is 49.7 Å². The maximum absolute atomic E-state index is 11.8. The standard InChI is InChI=1S/C21H17Cl2N5O/c1-11-7-13(3-6-19(11)29)18-10-25-20-17(9-24)27-28(21(20)26-18)12(2)15-5-4-14(22)8-16(15)23/h3-5,8,10-12H,6-7H2,1-2H3. The largest absolute Gasteiger partial charge is 0.299 e. The van der Waals surface area contributed by atoms with Crippen LogP contribution in [-0.2, 0) is 4.79 Å². The zero-order valence-corrected chi connectivity index (χ0v) is 17.4. The number of hydrogen-bond acceptors (Lipinski definition) is 5. The number of nitriles is 1. The molecule has 2 heterocycles. The summed E-state index contributed by atoms with van der Waals surface area (Å²) in [5, 5.41) is 15.0. The number of carbonyl (C=O) groups excluding carboxylic acids is 1. The highest BCUT2D eigenvalue weighted by Gasteiger charge is 2.24. The zero-order valence-electron chi connectivity index (χ0n) is 15.9. The first-order valence-electron chi connectivity index (χ1n) is 9.21. The van der Waals surface area contributed by atoms with Gasteiger partial charge in [0, 0.05) is 22.4 Å². The van der Waals surface area contributed by atoms with E-state index in [-0.39, 0.29) is 23.4 Å². The van der Waals surface area contributed by atoms with Crippen LogP contribution in [0.4, 0.5) is 0 Å². The lowest BCUT2D eigenvalue weighted by atomic mass is 9.88. The molecular weight excluding hydrogens is 409 g/mol. The van der Waals surface area contributed by atoms with Gasteiger partial charge in [-0.25, -0.2) is 14.6 Å². The number of halogens is 2. The van der Waals surface area contributed by atoms with Crippen molar-refractivity contribution in [3.8, 4) is 6.07 Å². The molecule has 0 spiro atoms. The molecule has 0 saturated carbocycles. The average Bonchev–Trinajstić information content (AvgIpc) is 3.07. The van der Waals surface area contributed by atoms with E-state index in [1.54, 1.807) is 23.0 Å². The minimum atomic E-state index is -0.283. The number of rotatable bonds is 3. The predicted molar refractivity (Wildman–Crippen MR) is 112 cm³/mol. The van der Waals surface area contributed by atoms with Gasteiger partial charge in [-0.15, -0.1) is 0 Å². The van der Waals surface area contributed by atoms with Gasteiger partial charge >= 0.3 is 0 Å². The Labute approximate surface area is 177 Å². The number of Topliss-reactive ketones (excluding diaryl/α,β-unsaturated/α-hetero) is 1. The molecule has 0 bridgehead atoms. The van der Waals surface area contributed by atoms with Crippen LogP contribution in [0, 0.1) is 17.2 Å². The van der Waals surface area contributed by atoms with Crippen LogP contribution >= 0.6 is 23.2 Å². The SMILES string of the molecule is CC1CC(c2cnc3c(C#N)nn(C(C)c4ccc(Cl)cc4Cl)c3n2)=CCC1=O. The van der Waals surface area contributed by atoms with Crippen molar-refractivity contribution in [3.63, 3.8) is 0 Å². The Morgan fingerprint density at radius 3 is 2.83 bits per heavy atom. The molecule has 0 saturated heterocycles. The van der Waals surface area contributed by atoms with Crippen molar-refractivity contribution < 1.29 is 4.79 Å². The number of ketones is 1. The highest BCUT2D eigenvalue weighted by Crippen LogP contribution is 2.32. The molecule has 0 fully saturated rings. The van der Waals surface area contributed by atoms with Gasteiger partial charge in [-0.2, -0.15) is 10.4 Å². The van der Waals surface area contributed by atoms with E-state index in [9.17, 15) is 10.1 Å². The molecule has 6 nitrogen and oxygen atoms in total. The monoisotopic (exact) mass is 425 g/mol. The predicted octanol–water partition coefficient (Wildman–Crippen LogP) is 5.00. The van der Waals surface area contributed by atoms with Gasteiger partial charge in [0.1, 0.15) is 17.4 Å². The minimum Gasteiger partial charge on any atom is -0.299 e. The average molecular weight is 426 g/mol. The third kappa shape index (κ3) is 3.52. The summed E-state index contributed by atoms with van der Waals surface area (Å²) in [5.74, 6) is 0.185. The molecule has 1 aromatic carbocycles. The van der Waals surface area contributed by atoms with Crippen molar-refractivity contribution in [1.29, 1.82) is 5.26 Å². The molecule has 4 rings (SSSR count). The summed E-state index contributed by atoms with van der Waals surface area (Å²) in [5.41, 5.74) is 3.63. The number of benzene rings is 1. The van der Waals surface area contributed by atoms with Crippen LogP contribution in [0.2, 0.25) is 10.0 Å². The number of carbonyl (C=O) groups is 1. The fourth-order valence-corrected chi connectivity index (χ4v) is 4.11. The van der Waals surface area contributed by atoms with Crippen LogP contribution in [0.15, 0.2) is 30.5 Å². The van der Waals surface area contributed by atoms with E-state index < -0.39 is 0 Å². The molecule has 1 aliphatic carbocycles. The fraction of sp³-hybridized carbons (Fsp3) is 0.286. The van der Waals surface area contributed by atoms with Crippen molar-refractivity contribution in [3.05, 3.63) is 57.5 Å². The first-order chi connectivity index (χ1) is 13.9. The molecule has 1 aliphatic rings.